The Kier molecular flexibility index (Phi) is 8.13. The normalized spacial score (nSPS) is 18.1. The molecule has 0 amide bonds. The number of aliphatic hydroxyl groups is 1. The summed E-state index contributed by atoms with van der Waals surface area (Å²) < 4.78 is 10.8. The maximum atomic E-state index is 9.63. The van der Waals surface area contributed by atoms with Crippen LogP contribution in [0.1, 0.15) is 37.2 Å². The molecule has 1 aliphatic rings. The first-order valence-electron chi connectivity index (χ1n) is 10.8. The Morgan fingerprint density at radius 3 is 2.47 bits per heavy atom. The second-order valence-electron chi connectivity index (χ2n) is 8.58. The molecular formula is C23H36N4O3. The summed E-state index contributed by atoms with van der Waals surface area (Å²) in [5, 5.41) is 17.3. The van der Waals surface area contributed by atoms with E-state index in [0.29, 0.717) is 12.0 Å². The number of hydrogen-bond acceptors (Lipinski definition) is 6. The first kappa shape index (κ1) is 22.6. The molecule has 0 bridgehead atoms. The van der Waals surface area contributed by atoms with E-state index in [1.807, 2.05) is 6.07 Å². The number of hydrogen-bond donors (Lipinski definition) is 2. The third-order valence-corrected chi connectivity index (χ3v) is 5.64. The molecule has 1 aliphatic heterocycles. The van der Waals surface area contributed by atoms with Crippen molar-refractivity contribution in [3.8, 4) is 11.5 Å². The number of H-pyrrole nitrogens is 1. The van der Waals surface area contributed by atoms with Crippen LogP contribution in [0.4, 0.5) is 0 Å². The Morgan fingerprint density at radius 2 is 1.83 bits per heavy atom. The van der Waals surface area contributed by atoms with Gasteiger partial charge in [-0.25, -0.2) is 0 Å². The molecule has 1 atom stereocenters. The van der Waals surface area contributed by atoms with Crippen molar-refractivity contribution in [3.63, 3.8) is 0 Å². The van der Waals surface area contributed by atoms with Crippen LogP contribution in [0.5, 0.6) is 11.5 Å². The van der Waals surface area contributed by atoms with E-state index in [1.165, 1.54) is 5.69 Å². The van der Waals surface area contributed by atoms with Crippen LogP contribution in [-0.2, 0) is 19.5 Å². The molecule has 2 aromatic rings. The van der Waals surface area contributed by atoms with Crippen LogP contribution in [0.2, 0.25) is 0 Å². The van der Waals surface area contributed by atoms with E-state index in [-0.39, 0.29) is 6.61 Å². The number of methoxy groups -OCH3 is 2. The monoisotopic (exact) mass is 416 g/mol. The van der Waals surface area contributed by atoms with Gasteiger partial charge in [0.25, 0.3) is 0 Å². The van der Waals surface area contributed by atoms with Crippen molar-refractivity contribution in [2.24, 2.45) is 5.92 Å². The van der Waals surface area contributed by atoms with Crippen molar-refractivity contribution in [3.05, 3.63) is 41.2 Å². The Bertz CT molecular complexity index is 770. The van der Waals surface area contributed by atoms with E-state index in [1.54, 1.807) is 14.2 Å². The highest BCUT2D eigenvalue weighted by Gasteiger charge is 2.27. The summed E-state index contributed by atoms with van der Waals surface area (Å²) in [5.41, 5.74) is 3.46. The number of benzene rings is 1. The fraction of sp³-hybridized carbons (Fsp3) is 0.609. The number of aromatic amines is 1. The molecule has 2 heterocycles. The number of aromatic nitrogens is 2. The molecule has 7 nitrogen and oxygen atoms in total. The zero-order valence-corrected chi connectivity index (χ0v) is 18.7. The van der Waals surface area contributed by atoms with E-state index >= 15 is 0 Å². The molecule has 0 radical (unpaired) electrons. The van der Waals surface area contributed by atoms with Gasteiger partial charge in [-0.2, -0.15) is 5.10 Å². The van der Waals surface area contributed by atoms with Gasteiger partial charge < -0.3 is 14.6 Å². The molecule has 30 heavy (non-hydrogen) atoms. The van der Waals surface area contributed by atoms with Crippen molar-refractivity contribution < 1.29 is 14.6 Å². The van der Waals surface area contributed by atoms with E-state index in [4.69, 9.17) is 9.47 Å². The molecule has 1 fully saturated rings. The average Bonchev–Trinajstić information content (AvgIpc) is 3.15. The van der Waals surface area contributed by atoms with Crippen molar-refractivity contribution in [2.45, 2.75) is 45.8 Å². The minimum atomic E-state index is 0.193. The molecule has 1 aromatic carbocycles. The first-order valence-corrected chi connectivity index (χ1v) is 10.8. The lowest BCUT2D eigenvalue weighted by Crippen LogP contribution is -2.52. The second kappa shape index (κ2) is 10.8. The Balaban J connectivity index is 1.63. The summed E-state index contributed by atoms with van der Waals surface area (Å²) in [6.07, 6.45) is 1.76. The number of nitrogens with one attached hydrogen (secondary N) is 1. The van der Waals surface area contributed by atoms with Gasteiger partial charge in [-0.1, -0.05) is 13.8 Å². The first-order chi connectivity index (χ1) is 14.5. The number of nitrogens with zero attached hydrogens (tertiary/aromatic N) is 3. The Hall–Kier alpha value is -2.09. The lowest BCUT2D eigenvalue weighted by Gasteiger charge is -2.41. The highest BCUT2D eigenvalue weighted by molar-refractivity contribution is 5.38. The molecule has 2 N–H and O–H groups in total. The van der Waals surface area contributed by atoms with Gasteiger partial charge in [0.1, 0.15) is 11.5 Å². The summed E-state index contributed by atoms with van der Waals surface area (Å²) in [5.74, 6) is 2.21. The minimum Gasteiger partial charge on any atom is -0.497 e. The van der Waals surface area contributed by atoms with Gasteiger partial charge in [-0.15, -0.1) is 0 Å². The number of aliphatic hydroxyl groups excluding tert-OH is 1. The number of rotatable bonds is 10. The molecule has 3 rings (SSSR count). The van der Waals surface area contributed by atoms with E-state index < -0.39 is 0 Å². The molecule has 7 heteroatoms. The molecule has 0 unspecified atom stereocenters. The van der Waals surface area contributed by atoms with Crippen LogP contribution in [-0.4, -0.2) is 71.6 Å². The lowest BCUT2D eigenvalue weighted by atomic mass is 10.1. The highest BCUT2D eigenvalue weighted by Crippen LogP contribution is 2.25. The van der Waals surface area contributed by atoms with E-state index in [0.717, 1.165) is 68.3 Å². The van der Waals surface area contributed by atoms with Gasteiger partial charge in [0.15, 0.2) is 0 Å². The second-order valence-corrected chi connectivity index (χ2v) is 8.58. The van der Waals surface area contributed by atoms with E-state index in [2.05, 4.69) is 52.0 Å². The maximum absolute atomic E-state index is 9.63. The molecule has 0 aliphatic carbocycles. The Labute approximate surface area is 180 Å². The predicted molar refractivity (Wildman–Crippen MR) is 118 cm³/mol. The fourth-order valence-corrected chi connectivity index (χ4v) is 4.18. The average molecular weight is 417 g/mol. The quantitative estimate of drug-likeness (QED) is 0.620. The van der Waals surface area contributed by atoms with Gasteiger partial charge in [-0.05, 0) is 42.5 Å². The molecule has 1 aromatic heterocycles. The van der Waals surface area contributed by atoms with Gasteiger partial charge >= 0.3 is 0 Å². The van der Waals surface area contributed by atoms with Gasteiger partial charge in [0, 0.05) is 57.1 Å². The van der Waals surface area contributed by atoms with E-state index in [9.17, 15) is 5.11 Å². The fourth-order valence-electron chi connectivity index (χ4n) is 4.18. The molecular weight excluding hydrogens is 380 g/mol. The summed E-state index contributed by atoms with van der Waals surface area (Å²) >= 11 is 0. The molecule has 166 valence electrons. The number of piperazine rings is 1. The maximum Gasteiger partial charge on any atom is 0.122 e. The van der Waals surface area contributed by atoms with Crippen molar-refractivity contribution in [1.29, 1.82) is 0 Å². The summed E-state index contributed by atoms with van der Waals surface area (Å²) in [6, 6.07) is 8.51. The highest BCUT2D eigenvalue weighted by atomic mass is 16.5. The number of ether oxygens (including phenoxy) is 2. The van der Waals surface area contributed by atoms with Crippen LogP contribution < -0.4 is 9.47 Å². The minimum absolute atomic E-state index is 0.193. The molecule has 0 saturated carbocycles. The van der Waals surface area contributed by atoms with Crippen molar-refractivity contribution in [2.75, 3.05) is 40.5 Å². The van der Waals surface area contributed by atoms with Gasteiger partial charge in [0.05, 0.1) is 19.9 Å². The van der Waals surface area contributed by atoms with Crippen LogP contribution >= 0.6 is 0 Å². The zero-order chi connectivity index (χ0) is 21.5. The van der Waals surface area contributed by atoms with Gasteiger partial charge in [-0.3, -0.25) is 14.9 Å². The van der Waals surface area contributed by atoms with Crippen molar-refractivity contribution >= 4 is 0 Å². The van der Waals surface area contributed by atoms with Gasteiger partial charge in [0.2, 0.25) is 0 Å². The summed E-state index contributed by atoms with van der Waals surface area (Å²) in [4.78, 5) is 4.91. The van der Waals surface area contributed by atoms with Crippen LogP contribution in [0.15, 0.2) is 24.3 Å². The Morgan fingerprint density at radius 1 is 1.10 bits per heavy atom. The third kappa shape index (κ3) is 6.20. The lowest BCUT2D eigenvalue weighted by molar-refractivity contribution is 0.0493. The molecule has 0 spiro atoms. The largest absolute Gasteiger partial charge is 0.497 e. The van der Waals surface area contributed by atoms with Crippen LogP contribution in [0.25, 0.3) is 0 Å². The topological polar surface area (TPSA) is 73.9 Å². The summed E-state index contributed by atoms with van der Waals surface area (Å²) in [7, 11) is 3.35. The third-order valence-electron chi connectivity index (χ3n) is 5.64. The smallest absolute Gasteiger partial charge is 0.122 e. The zero-order valence-electron chi connectivity index (χ0n) is 18.7. The van der Waals surface area contributed by atoms with Crippen LogP contribution in [0.3, 0.4) is 0 Å². The molecule has 1 saturated heterocycles. The standard InChI is InChI=1S/C23H36N4O3/c1-17(2)9-19-12-20(25-24-19)15-26-6-7-27(21(16-26)5-8-28)14-18-10-22(29-3)13-23(11-18)30-4/h10-13,17,21,28H,5-9,14-16H2,1-4H3,(H,24,25)/t21-/m1/s1. The predicted octanol–water partition coefficient (Wildman–Crippen LogP) is 2.69. The van der Waals surface area contributed by atoms with Crippen LogP contribution in [0, 0.1) is 5.92 Å². The SMILES string of the molecule is COc1cc(CN2CCN(Cc3cc(CC(C)C)n[nH]3)C[C@H]2CCO)cc(OC)c1. The van der Waals surface area contributed by atoms with Crippen molar-refractivity contribution in [1.82, 2.24) is 20.0 Å². The summed E-state index contributed by atoms with van der Waals surface area (Å²) in [6.45, 7) is 9.18.